The molecule has 2 heterocycles. The van der Waals surface area contributed by atoms with E-state index < -0.39 is 0 Å². The minimum absolute atomic E-state index is 0. The van der Waals surface area contributed by atoms with Crippen LogP contribution in [0.4, 0.5) is 0 Å². The van der Waals surface area contributed by atoms with Gasteiger partial charge in [-0.15, -0.1) is 24.8 Å². The van der Waals surface area contributed by atoms with Gasteiger partial charge in [0.25, 0.3) is 0 Å². The van der Waals surface area contributed by atoms with Gasteiger partial charge in [-0.1, -0.05) is 30.3 Å². The van der Waals surface area contributed by atoms with Crippen LogP contribution in [0.25, 0.3) is 0 Å². The van der Waals surface area contributed by atoms with Gasteiger partial charge in [-0.3, -0.25) is 9.69 Å². The van der Waals surface area contributed by atoms with E-state index in [-0.39, 0.29) is 42.2 Å². The third kappa shape index (κ3) is 6.39. The Morgan fingerprint density at radius 1 is 1.35 bits per heavy atom. The van der Waals surface area contributed by atoms with E-state index in [2.05, 4.69) is 46.7 Å². The van der Waals surface area contributed by atoms with Gasteiger partial charge >= 0.3 is 0 Å². The fourth-order valence-electron chi connectivity index (χ4n) is 3.56. The van der Waals surface area contributed by atoms with E-state index in [0.717, 1.165) is 52.2 Å². The number of amides is 1. The van der Waals surface area contributed by atoms with Crippen LogP contribution >= 0.6 is 24.8 Å². The van der Waals surface area contributed by atoms with Gasteiger partial charge in [0.15, 0.2) is 0 Å². The molecule has 2 aliphatic heterocycles. The van der Waals surface area contributed by atoms with Crippen molar-refractivity contribution in [3.63, 3.8) is 0 Å². The molecule has 7 heteroatoms. The molecule has 1 aromatic rings. The van der Waals surface area contributed by atoms with E-state index in [1.165, 1.54) is 5.56 Å². The summed E-state index contributed by atoms with van der Waals surface area (Å²) < 4.78 is 5.84. The number of carbonyl (C=O) groups is 1. The zero-order valence-electron chi connectivity index (χ0n) is 15.4. The first-order valence-corrected chi connectivity index (χ1v) is 9.03. The van der Waals surface area contributed by atoms with Gasteiger partial charge in [-0.2, -0.15) is 0 Å². The van der Waals surface area contributed by atoms with E-state index >= 15 is 0 Å². The summed E-state index contributed by atoms with van der Waals surface area (Å²) in [5.41, 5.74) is 1.04. The second-order valence-electron chi connectivity index (χ2n) is 7.26. The molecule has 148 valence electrons. The lowest BCUT2D eigenvalue weighted by Crippen LogP contribution is -2.52. The number of halogens is 2. The maximum atomic E-state index is 12.5. The maximum absolute atomic E-state index is 12.5. The Kier molecular flexibility index (Phi) is 9.90. The summed E-state index contributed by atoms with van der Waals surface area (Å²) in [4.78, 5) is 14.9. The van der Waals surface area contributed by atoms with Crippen LogP contribution in [0.1, 0.15) is 25.3 Å². The van der Waals surface area contributed by atoms with Crippen LogP contribution in [0.15, 0.2) is 30.3 Å². The lowest BCUT2D eigenvalue weighted by Gasteiger charge is -2.35. The van der Waals surface area contributed by atoms with Crippen LogP contribution in [0.3, 0.4) is 0 Å². The molecule has 0 bridgehead atoms. The van der Waals surface area contributed by atoms with Gasteiger partial charge in [-0.05, 0) is 31.9 Å². The summed E-state index contributed by atoms with van der Waals surface area (Å²) in [6, 6.07) is 10.5. The topological polar surface area (TPSA) is 53.6 Å². The fourth-order valence-corrected chi connectivity index (χ4v) is 3.56. The molecule has 2 unspecified atom stereocenters. The Morgan fingerprint density at radius 2 is 2.12 bits per heavy atom. The molecule has 2 saturated heterocycles. The third-order valence-corrected chi connectivity index (χ3v) is 5.11. The van der Waals surface area contributed by atoms with Gasteiger partial charge in [-0.25, -0.2) is 0 Å². The fraction of sp³-hybridized carbons (Fsp3) is 0.632. The Hall–Kier alpha value is -0.850. The number of nitrogens with one attached hydrogen (secondary N) is 2. The number of hydrogen-bond acceptors (Lipinski definition) is 4. The van der Waals surface area contributed by atoms with Gasteiger partial charge in [0.05, 0.1) is 18.1 Å². The van der Waals surface area contributed by atoms with Crippen molar-refractivity contribution in [2.75, 3.05) is 39.3 Å². The Labute approximate surface area is 169 Å². The number of hydrogen-bond donors (Lipinski definition) is 2. The molecule has 5 nitrogen and oxygen atoms in total. The number of rotatable bonds is 5. The molecular formula is C19H31Cl2N3O2. The van der Waals surface area contributed by atoms with Crippen LogP contribution in [-0.2, 0) is 16.1 Å². The first-order chi connectivity index (χ1) is 11.7. The van der Waals surface area contributed by atoms with Crippen molar-refractivity contribution in [3.8, 4) is 0 Å². The summed E-state index contributed by atoms with van der Waals surface area (Å²) in [7, 11) is 0. The molecule has 2 aliphatic rings. The van der Waals surface area contributed by atoms with Crippen molar-refractivity contribution in [2.45, 2.75) is 32.4 Å². The van der Waals surface area contributed by atoms with E-state index in [9.17, 15) is 4.79 Å². The summed E-state index contributed by atoms with van der Waals surface area (Å²) in [5.74, 6) is 0.151. The lowest BCUT2D eigenvalue weighted by molar-refractivity contribution is -0.132. The van der Waals surface area contributed by atoms with E-state index in [1.54, 1.807) is 0 Å². The summed E-state index contributed by atoms with van der Waals surface area (Å²) in [6.07, 6.45) is 2.10. The number of nitrogens with zero attached hydrogens (tertiary/aromatic N) is 1. The zero-order chi connectivity index (χ0) is 16.8. The van der Waals surface area contributed by atoms with Crippen molar-refractivity contribution in [1.29, 1.82) is 0 Å². The minimum atomic E-state index is -0.281. The van der Waals surface area contributed by atoms with Crippen LogP contribution < -0.4 is 10.6 Å². The summed E-state index contributed by atoms with van der Waals surface area (Å²) in [5, 5.41) is 6.44. The lowest BCUT2D eigenvalue weighted by atomic mass is 9.82. The molecule has 26 heavy (non-hydrogen) atoms. The van der Waals surface area contributed by atoms with Crippen molar-refractivity contribution in [2.24, 2.45) is 5.41 Å². The molecule has 0 spiro atoms. The summed E-state index contributed by atoms with van der Waals surface area (Å²) in [6.45, 7) is 7.92. The molecule has 0 aliphatic carbocycles. The Bertz CT molecular complexity index is 539. The second-order valence-corrected chi connectivity index (χ2v) is 7.26. The highest BCUT2D eigenvalue weighted by molar-refractivity contribution is 5.85. The first kappa shape index (κ1) is 23.2. The zero-order valence-corrected chi connectivity index (χ0v) is 17.0. The van der Waals surface area contributed by atoms with Crippen LogP contribution in [-0.4, -0.2) is 56.2 Å². The van der Waals surface area contributed by atoms with Gasteiger partial charge in [0, 0.05) is 32.7 Å². The molecule has 0 aromatic heterocycles. The van der Waals surface area contributed by atoms with Crippen molar-refractivity contribution < 1.29 is 9.53 Å². The highest BCUT2D eigenvalue weighted by Gasteiger charge is 2.35. The molecule has 1 aromatic carbocycles. The quantitative estimate of drug-likeness (QED) is 0.791. The Balaban J connectivity index is 0.00000169. The Morgan fingerprint density at radius 3 is 2.81 bits per heavy atom. The van der Waals surface area contributed by atoms with E-state index in [0.29, 0.717) is 6.54 Å². The van der Waals surface area contributed by atoms with Crippen molar-refractivity contribution in [1.82, 2.24) is 15.5 Å². The molecule has 1 amide bonds. The normalized spacial score (nSPS) is 26.3. The number of carbonyl (C=O) groups excluding carboxylic acids is 1. The molecule has 0 radical (unpaired) electrons. The number of piperidine rings is 1. The minimum Gasteiger partial charge on any atom is -0.374 e. The second kappa shape index (κ2) is 11.1. The monoisotopic (exact) mass is 403 g/mol. The maximum Gasteiger partial charge on any atom is 0.227 e. The average Bonchev–Trinajstić information content (AvgIpc) is 2.61. The third-order valence-electron chi connectivity index (χ3n) is 5.11. The first-order valence-electron chi connectivity index (χ1n) is 9.03. The van der Waals surface area contributed by atoms with Gasteiger partial charge in [0.1, 0.15) is 0 Å². The van der Waals surface area contributed by atoms with Gasteiger partial charge in [0.2, 0.25) is 5.91 Å². The number of benzene rings is 1. The molecule has 2 atom stereocenters. The van der Waals surface area contributed by atoms with Gasteiger partial charge < -0.3 is 15.4 Å². The average molecular weight is 404 g/mol. The largest absolute Gasteiger partial charge is 0.374 e. The van der Waals surface area contributed by atoms with E-state index in [4.69, 9.17) is 4.74 Å². The predicted molar refractivity (Wildman–Crippen MR) is 109 cm³/mol. The molecule has 0 saturated carbocycles. The molecule has 2 N–H and O–H groups in total. The smallest absolute Gasteiger partial charge is 0.227 e. The van der Waals surface area contributed by atoms with Crippen molar-refractivity contribution >= 4 is 30.7 Å². The van der Waals surface area contributed by atoms with E-state index in [1.807, 2.05) is 6.07 Å². The molecular weight excluding hydrogens is 373 g/mol. The highest BCUT2D eigenvalue weighted by atomic mass is 35.5. The summed E-state index contributed by atoms with van der Waals surface area (Å²) >= 11 is 0. The van der Waals surface area contributed by atoms with Crippen LogP contribution in [0, 0.1) is 5.41 Å². The molecule has 3 rings (SSSR count). The van der Waals surface area contributed by atoms with Crippen LogP contribution in [0.5, 0.6) is 0 Å². The standard InChI is InChI=1S/C19H29N3O2.2ClH/c1-19(8-5-9-20-15-19)18(23)21-12-17-14-22(10-11-24-17)13-16-6-3-2-4-7-16;;/h2-4,6-7,17,20H,5,8-15H2,1H3,(H,21,23);2*1H. The highest BCUT2D eigenvalue weighted by Crippen LogP contribution is 2.25. The molecule has 2 fully saturated rings. The van der Waals surface area contributed by atoms with Crippen molar-refractivity contribution in [3.05, 3.63) is 35.9 Å². The van der Waals surface area contributed by atoms with Crippen LogP contribution in [0.2, 0.25) is 0 Å². The predicted octanol–water partition coefficient (Wildman–Crippen LogP) is 2.24. The number of morpholine rings is 1. The SMILES string of the molecule is CC1(C(=O)NCC2CN(Cc3ccccc3)CCO2)CCCNC1.Cl.Cl. The number of ether oxygens (including phenoxy) is 1.